The van der Waals surface area contributed by atoms with E-state index in [1.54, 1.807) is 13.0 Å². The van der Waals surface area contributed by atoms with Crippen LogP contribution in [0.5, 0.6) is 0 Å². The Labute approximate surface area is 194 Å². The summed E-state index contributed by atoms with van der Waals surface area (Å²) in [6.07, 6.45) is -0.257. The SMILES string of the molecule is CNS(=O)(=O)Nc1cccc(Cc2cc(C(N)=O)c(Nc3ccc(C)cc3F)n(C)c2=O)c1F. The molecule has 0 saturated carbocycles. The van der Waals surface area contributed by atoms with Crippen LogP contribution in [0.25, 0.3) is 0 Å². The van der Waals surface area contributed by atoms with Crippen LogP contribution >= 0.6 is 0 Å². The number of amides is 1. The first-order chi connectivity index (χ1) is 15.9. The fourth-order valence-corrected chi connectivity index (χ4v) is 3.86. The maximum absolute atomic E-state index is 15.0. The molecular formula is C22H23F2N5O4S. The lowest BCUT2D eigenvalue weighted by molar-refractivity contribution is 0.100. The molecule has 9 nitrogen and oxygen atoms in total. The van der Waals surface area contributed by atoms with Crippen molar-refractivity contribution in [2.45, 2.75) is 13.3 Å². The molecule has 34 heavy (non-hydrogen) atoms. The summed E-state index contributed by atoms with van der Waals surface area (Å²) < 4.78 is 57.8. The number of benzene rings is 2. The molecule has 0 fully saturated rings. The van der Waals surface area contributed by atoms with Gasteiger partial charge in [0, 0.05) is 26.1 Å². The minimum Gasteiger partial charge on any atom is -0.365 e. The minimum absolute atomic E-state index is 0.00844. The molecule has 0 unspecified atom stereocenters. The van der Waals surface area contributed by atoms with E-state index in [1.807, 2.05) is 9.44 Å². The highest BCUT2D eigenvalue weighted by Gasteiger charge is 2.20. The molecule has 0 spiro atoms. The molecule has 3 aromatic rings. The van der Waals surface area contributed by atoms with Crippen LogP contribution < -0.4 is 26.1 Å². The first-order valence-corrected chi connectivity index (χ1v) is 11.5. The quantitative estimate of drug-likeness (QED) is 0.383. The normalized spacial score (nSPS) is 11.3. The van der Waals surface area contributed by atoms with Gasteiger partial charge in [0.05, 0.1) is 16.9 Å². The van der Waals surface area contributed by atoms with Gasteiger partial charge in [0.1, 0.15) is 11.6 Å². The van der Waals surface area contributed by atoms with E-state index in [0.717, 1.165) is 11.6 Å². The van der Waals surface area contributed by atoms with Crippen LogP contribution in [0.3, 0.4) is 0 Å². The van der Waals surface area contributed by atoms with E-state index >= 15 is 0 Å². The Kier molecular flexibility index (Phi) is 7.03. The van der Waals surface area contributed by atoms with Crippen molar-refractivity contribution in [2.24, 2.45) is 12.8 Å². The number of carbonyl (C=O) groups is 1. The Morgan fingerprint density at radius 1 is 1.09 bits per heavy atom. The maximum Gasteiger partial charge on any atom is 0.298 e. The van der Waals surface area contributed by atoms with Gasteiger partial charge in [-0.25, -0.2) is 13.5 Å². The van der Waals surface area contributed by atoms with Crippen LogP contribution in [0.15, 0.2) is 47.3 Å². The number of hydrogen-bond acceptors (Lipinski definition) is 5. The summed E-state index contributed by atoms with van der Waals surface area (Å²) in [5.74, 6) is -2.38. The van der Waals surface area contributed by atoms with E-state index in [0.29, 0.717) is 5.56 Å². The van der Waals surface area contributed by atoms with Crippen LogP contribution in [-0.4, -0.2) is 25.9 Å². The fourth-order valence-electron chi connectivity index (χ4n) is 3.31. The number of halogens is 2. The molecule has 0 aliphatic heterocycles. The maximum atomic E-state index is 15.0. The number of pyridine rings is 1. The smallest absolute Gasteiger partial charge is 0.298 e. The van der Waals surface area contributed by atoms with Crippen molar-refractivity contribution < 1.29 is 22.0 Å². The first kappa shape index (κ1) is 24.9. The van der Waals surface area contributed by atoms with Crippen LogP contribution in [0.2, 0.25) is 0 Å². The van der Waals surface area contributed by atoms with Gasteiger partial charge in [-0.2, -0.15) is 8.42 Å². The zero-order chi connectivity index (χ0) is 25.2. The molecule has 5 N–H and O–H groups in total. The molecule has 0 saturated heterocycles. The zero-order valence-corrected chi connectivity index (χ0v) is 19.4. The lowest BCUT2D eigenvalue weighted by Gasteiger charge is -2.17. The highest BCUT2D eigenvalue weighted by molar-refractivity contribution is 7.90. The number of carbonyl (C=O) groups excluding carboxylic acids is 1. The number of hydrogen-bond donors (Lipinski definition) is 4. The third-order valence-electron chi connectivity index (χ3n) is 5.10. The van der Waals surface area contributed by atoms with Crippen molar-refractivity contribution in [1.29, 1.82) is 0 Å². The predicted octanol–water partition coefficient (Wildman–Crippen LogP) is 2.28. The van der Waals surface area contributed by atoms with Crippen LogP contribution in [0.1, 0.15) is 27.0 Å². The monoisotopic (exact) mass is 491 g/mol. The van der Waals surface area contributed by atoms with Gasteiger partial charge in [-0.3, -0.25) is 18.9 Å². The number of nitrogens with two attached hydrogens (primary N) is 1. The summed E-state index contributed by atoms with van der Waals surface area (Å²) in [4.78, 5) is 25.1. The van der Waals surface area contributed by atoms with Gasteiger partial charge in [0.2, 0.25) is 0 Å². The number of aryl methyl sites for hydroxylation is 1. The van der Waals surface area contributed by atoms with Crippen molar-refractivity contribution in [1.82, 2.24) is 9.29 Å². The van der Waals surface area contributed by atoms with Gasteiger partial charge in [-0.1, -0.05) is 18.2 Å². The van der Waals surface area contributed by atoms with E-state index in [-0.39, 0.29) is 40.3 Å². The molecule has 2 aromatic carbocycles. The number of anilines is 3. The molecule has 0 radical (unpaired) electrons. The molecule has 1 aromatic heterocycles. The summed E-state index contributed by atoms with van der Waals surface area (Å²) >= 11 is 0. The number of nitrogens with one attached hydrogen (secondary N) is 3. The number of nitrogens with zero attached hydrogens (tertiary/aromatic N) is 1. The molecule has 0 bridgehead atoms. The fraction of sp³-hybridized carbons (Fsp3) is 0.182. The summed E-state index contributed by atoms with van der Waals surface area (Å²) in [6, 6.07) is 9.63. The van der Waals surface area contributed by atoms with Gasteiger partial charge < -0.3 is 11.1 Å². The Hall–Kier alpha value is -3.77. The zero-order valence-electron chi connectivity index (χ0n) is 18.6. The average Bonchev–Trinajstić information content (AvgIpc) is 2.77. The average molecular weight is 492 g/mol. The van der Waals surface area contributed by atoms with E-state index in [9.17, 15) is 26.8 Å². The largest absolute Gasteiger partial charge is 0.365 e. The highest BCUT2D eigenvalue weighted by Crippen LogP contribution is 2.25. The second-order valence-corrected chi connectivity index (χ2v) is 9.15. The van der Waals surface area contributed by atoms with E-state index < -0.39 is 33.3 Å². The van der Waals surface area contributed by atoms with Crippen LogP contribution in [0, 0.1) is 18.6 Å². The minimum atomic E-state index is -3.97. The van der Waals surface area contributed by atoms with Crippen molar-refractivity contribution in [3.05, 3.63) is 86.7 Å². The summed E-state index contributed by atoms with van der Waals surface area (Å²) in [5, 5.41) is 2.73. The lowest BCUT2D eigenvalue weighted by Crippen LogP contribution is -2.28. The third kappa shape index (κ3) is 5.24. The molecule has 12 heteroatoms. The summed E-state index contributed by atoms with van der Waals surface area (Å²) in [5.41, 5.74) is 5.25. The van der Waals surface area contributed by atoms with Crippen LogP contribution in [-0.2, 0) is 23.7 Å². The Balaban J connectivity index is 2.05. The van der Waals surface area contributed by atoms with Crippen molar-refractivity contribution >= 4 is 33.3 Å². The molecule has 1 amide bonds. The number of rotatable bonds is 8. The molecule has 180 valence electrons. The Morgan fingerprint density at radius 3 is 2.41 bits per heavy atom. The highest BCUT2D eigenvalue weighted by atomic mass is 32.2. The molecular weight excluding hydrogens is 468 g/mol. The number of aromatic nitrogens is 1. The summed E-state index contributed by atoms with van der Waals surface area (Å²) in [7, 11) is -1.44. The number of primary amides is 1. The van der Waals surface area contributed by atoms with E-state index in [2.05, 4.69) is 5.32 Å². The topological polar surface area (TPSA) is 135 Å². The van der Waals surface area contributed by atoms with E-state index in [1.165, 1.54) is 43.4 Å². The van der Waals surface area contributed by atoms with Gasteiger partial charge in [-0.05, 0) is 42.3 Å². The molecule has 3 rings (SSSR count). The Bertz CT molecular complexity index is 1440. The lowest BCUT2D eigenvalue weighted by atomic mass is 10.0. The van der Waals surface area contributed by atoms with Crippen LogP contribution in [0.4, 0.5) is 26.0 Å². The van der Waals surface area contributed by atoms with Gasteiger partial charge in [-0.15, -0.1) is 0 Å². The van der Waals surface area contributed by atoms with E-state index in [4.69, 9.17) is 5.73 Å². The van der Waals surface area contributed by atoms with Gasteiger partial charge >= 0.3 is 0 Å². The molecule has 0 aliphatic rings. The third-order valence-corrected chi connectivity index (χ3v) is 6.13. The first-order valence-electron chi connectivity index (χ1n) is 9.98. The predicted molar refractivity (Wildman–Crippen MR) is 125 cm³/mol. The molecule has 1 heterocycles. The molecule has 0 aliphatic carbocycles. The Morgan fingerprint density at radius 2 is 1.79 bits per heavy atom. The van der Waals surface area contributed by atoms with Gasteiger partial charge in [0.25, 0.3) is 21.7 Å². The van der Waals surface area contributed by atoms with Crippen molar-refractivity contribution in [2.75, 3.05) is 17.1 Å². The van der Waals surface area contributed by atoms with Crippen molar-refractivity contribution in [3.8, 4) is 0 Å². The van der Waals surface area contributed by atoms with Crippen molar-refractivity contribution in [3.63, 3.8) is 0 Å². The summed E-state index contributed by atoms with van der Waals surface area (Å²) in [6.45, 7) is 1.71. The standard InChI is InChI=1S/C22H23F2N5O4S/c1-12-7-8-17(16(23)9-12)27-21-15(20(25)30)11-14(22(31)29(21)3)10-13-5-4-6-18(19(13)24)28-34(32,33)26-2/h4-9,11,26-28H,10H2,1-3H3,(H2,25,30). The second-order valence-electron chi connectivity index (χ2n) is 7.53. The molecule has 0 atom stereocenters. The second kappa shape index (κ2) is 9.61. The van der Waals surface area contributed by atoms with Gasteiger partial charge in [0.15, 0.2) is 5.82 Å².